The van der Waals surface area contributed by atoms with E-state index in [0.717, 1.165) is 24.2 Å². The van der Waals surface area contributed by atoms with Gasteiger partial charge in [-0.15, -0.1) is 0 Å². The number of rotatable bonds is 5. The van der Waals surface area contributed by atoms with E-state index in [0.29, 0.717) is 17.0 Å². The van der Waals surface area contributed by atoms with Gasteiger partial charge in [0.2, 0.25) is 5.91 Å². The van der Waals surface area contributed by atoms with Gasteiger partial charge in [-0.05, 0) is 35.8 Å². The Hall–Kier alpha value is -2.18. The molecule has 5 nitrogen and oxygen atoms in total. The first kappa shape index (κ1) is 18.6. The van der Waals surface area contributed by atoms with Gasteiger partial charge in [0.1, 0.15) is 0 Å². The number of carbonyl (C=O) groups is 1. The van der Waals surface area contributed by atoms with Crippen LogP contribution in [-0.2, 0) is 20.4 Å². The molecule has 0 fully saturated rings. The predicted octanol–water partition coefficient (Wildman–Crippen LogP) is 2.52. The van der Waals surface area contributed by atoms with E-state index < -0.39 is 15.9 Å². The Morgan fingerprint density at radius 1 is 1.04 bits per heavy atom. The highest BCUT2D eigenvalue weighted by atomic mass is 32.2. The van der Waals surface area contributed by atoms with Gasteiger partial charge in [0.05, 0.1) is 23.2 Å². The Bertz CT molecular complexity index is 905. The summed E-state index contributed by atoms with van der Waals surface area (Å²) in [4.78, 5) is 15.0. The summed E-state index contributed by atoms with van der Waals surface area (Å²) in [6.45, 7) is 5.89. The Kier molecular flexibility index (Phi) is 5.44. The number of amides is 1. The summed E-state index contributed by atoms with van der Waals surface area (Å²) >= 11 is 0. The van der Waals surface area contributed by atoms with Crippen molar-refractivity contribution < 1.29 is 13.2 Å². The van der Waals surface area contributed by atoms with Gasteiger partial charge in [-0.1, -0.05) is 56.3 Å². The highest BCUT2D eigenvalue weighted by molar-refractivity contribution is 7.90. The van der Waals surface area contributed by atoms with Crippen LogP contribution in [0.3, 0.4) is 0 Å². The van der Waals surface area contributed by atoms with Crippen LogP contribution >= 0.6 is 0 Å². The van der Waals surface area contributed by atoms with Crippen LogP contribution in [0.25, 0.3) is 0 Å². The quantitative estimate of drug-likeness (QED) is 0.876. The molecule has 2 aromatic carbocycles. The summed E-state index contributed by atoms with van der Waals surface area (Å²) in [5.74, 6) is -0.162. The Morgan fingerprint density at radius 2 is 1.65 bits per heavy atom. The molecule has 0 aromatic heterocycles. The van der Waals surface area contributed by atoms with E-state index in [-0.39, 0.29) is 11.7 Å². The Labute approximate surface area is 154 Å². The molecule has 1 aliphatic heterocycles. The SMILES string of the molecule is CCN(CC)CC(=O)NC1c2ccccc2CS(=O)(=O)c2ccccc21. The van der Waals surface area contributed by atoms with Crippen LogP contribution in [0, 0.1) is 0 Å². The largest absolute Gasteiger partial charge is 0.344 e. The average Bonchev–Trinajstić information content (AvgIpc) is 2.73. The highest BCUT2D eigenvalue weighted by Gasteiger charge is 2.31. The van der Waals surface area contributed by atoms with Crippen molar-refractivity contribution in [1.29, 1.82) is 0 Å². The van der Waals surface area contributed by atoms with Crippen LogP contribution in [-0.4, -0.2) is 38.9 Å². The predicted molar refractivity (Wildman–Crippen MR) is 102 cm³/mol. The monoisotopic (exact) mass is 372 g/mol. The van der Waals surface area contributed by atoms with Gasteiger partial charge < -0.3 is 5.32 Å². The lowest BCUT2D eigenvalue weighted by molar-refractivity contribution is -0.122. The van der Waals surface area contributed by atoms with Gasteiger partial charge >= 0.3 is 0 Å². The average molecular weight is 372 g/mol. The highest BCUT2D eigenvalue weighted by Crippen LogP contribution is 2.35. The number of nitrogens with one attached hydrogen (secondary N) is 1. The lowest BCUT2D eigenvalue weighted by Crippen LogP contribution is -2.39. The molecule has 1 unspecified atom stereocenters. The fraction of sp³-hybridized carbons (Fsp3) is 0.350. The van der Waals surface area contributed by atoms with E-state index >= 15 is 0 Å². The maximum atomic E-state index is 12.8. The topological polar surface area (TPSA) is 66.5 Å². The molecule has 1 atom stereocenters. The van der Waals surface area contributed by atoms with E-state index in [2.05, 4.69) is 5.32 Å². The maximum Gasteiger partial charge on any atom is 0.234 e. The van der Waals surface area contributed by atoms with Gasteiger partial charge in [-0.3, -0.25) is 9.69 Å². The third kappa shape index (κ3) is 3.66. The first-order chi connectivity index (χ1) is 12.5. The zero-order chi connectivity index (χ0) is 18.7. The summed E-state index contributed by atoms with van der Waals surface area (Å²) in [6.07, 6.45) is 0. The van der Waals surface area contributed by atoms with Crippen LogP contribution in [0.4, 0.5) is 0 Å². The summed E-state index contributed by atoms with van der Waals surface area (Å²) in [7, 11) is -3.45. The van der Waals surface area contributed by atoms with Crippen molar-refractivity contribution in [2.75, 3.05) is 19.6 Å². The molecule has 0 bridgehead atoms. The fourth-order valence-corrected chi connectivity index (χ4v) is 5.07. The number of fused-ring (bicyclic) bond motifs is 2. The van der Waals surface area contributed by atoms with Crippen molar-refractivity contribution >= 4 is 15.7 Å². The molecule has 3 rings (SSSR count). The van der Waals surface area contributed by atoms with Gasteiger partial charge in [-0.2, -0.15) is 0 Å². The minimum atomic E-state index is -3.45. The van der Waals surface area contributed by atoms with Gasteiger partial charge in [0, 0.05) is 0 Å². The number of hydrogen-bond donors (Lipinski definition) is 1. The molecular formula is C20H24N2O3S. The number of carbonyl (C=O) groups excluding carboxylic acids is 1. The minimum Gasteiger partial charge on any atom is -0.344 e. The van der Waals surface area contributed by atoms with E-state index in [1.165, 1.54) is 0 Å². The van der Waals surface area contributed by atoms with E-state index in [1.807, 2.05) is 49.1 Å². The molecule has 0 aliphatic carbocycles. The lowest BCUT2D eigenvalue weighted by Gasteiger charge is -2.23. The molecule has 1 aliphatic rings. The van der Waals surface area contributed by atoms with Crippen LogP contribution in [0.1, 0.15) is 36.6 Å². The molecule has 0 radical (unpaired) electrons. The number of sulfone groups is 1. The fourth-order valence-electron chi connectivity index (χ4n) is 3.41. The molecule has 0 spiro atoms. The van der Waals surface area contributed by atoms with Gasteiger partial charge in [0.25, 0.3) is 0 Å². The Balaban J connectivity index is 2.05. The molecule has 0 saturated heterocycles. The summed E-state index contributed by atoms with van der Waals surface area (Å²) in [5, 5.41) is 3.06. The summed E-state index contributed by atoms with van der Waals surface area (Å²) in [6, 6.07) is 13.9. The zero-order valence-electron chi connectivity index (χ0n) is 15.1. The molecule has 0 saturated carbocycles. The molecule has 1 N–H and O–H groups in total. The first-order valence-electron chi connectivity index (χ1n) is 8.87. The number of likely N-dealkylation sites (N-methyl/N-ethyl adjacent to an activating group) is 1. The second-order valence-corrected chi connectivity index (χ2v) is 8.42. The molecular weight excluding hydrogens is 348 g/mol. The smallest absolute Gasteiger partial charge is 0.234 e. The molecule has 26 heavy (non-hydrogen) atoms. The molecule has 6 heteroatoms. The summed E-state index contributed by atoms with van der Waals surface area (Å²) < 4.78 is 25.7. The van der Waals surface area contributed by atoms with E-state index in [9.17, 15) is 13.2 Å². The zero-order valence-corrected chi connectivity index (χ0v) is 15.9. The van der Waals surface area contributed by atoms with Crippen molar-refractivity contribution in [1.82, 2.24) is 10.2 Å². The number of nitrogens with zero attached hydrogens (tertiary/aromatic N) is 1. The van der Waals surface area contributed by atoms with Crippen molar-refractivity contribution in [2.45, 2.75) is 30.5 Å². The van der Waals surface area contributed by atoms with Crippen LogP contribution in [0.2, 0.25) is 0 Å². The molecule has 1 amide bonds. The second kappa shape index (κ2) is 7.60. The second-order valence-electron chi connectivity index (χ2n) is 6.46. The van der Waals surface area contributed by atoms with Crippen LogP contribution < -0.4 is 5.32 Å². The molecule has 1 heterocycles. The van der Waals surface area contributed by atoms with Crippen molar-refractivity contribution in [2.24, 2.45) is 0 Å². The van der Waals surface area contributed by atoms with Crippen molar-refractivity contribution in [3.05, 3.63) is 65.2 Å². The normalized spacial score (nSPS) is 17.9. The van der Waals surface area contributed by atoms with E-state index in [4.69, 9.17) is 0 Å². The molecule has 138 valence electrons. The Morgan fingerprint density at radius 3 is 2.35 bits per heavy atom. The van der Waals surface area contributed by atoms with Gasteiger partial charge in [0.15, 0.2) is 9.84 Å². The van der Waals surface area contributed by atoms with Crippen LogP contribution in [0.15, 0.2) is 53.4 Å². The van der Waals surface area contributed by atoms with Crippen molar-refractivity contribution in [3.63, 3.8) is 0 Å². The minimum absolute atomic E-state index is 0.0530. The lowest BCUT2D eigenvalue weighted by atomic mass is 9.95. The van der Waals surface area contributed by atoms with Crippen molar-refractivity contribution in [3.8, 4) is 0 Å². The van der Waals surface area contributed by atoms with E-state index in [1.54, 1.807) is 18.2 Å². The standard InChI is InChI=1S/C20H24N2O3S/c1-3-22(4-2)13-19(23)21-20-16-10-6-5-9-15(16)14-26(24,25)18-12-8-7-11-17(18)20/h5-12,20H,3-4,13-14H2,1-2H3,(H,21,23). The molecule has 2 aromatic rings. The number of hydrogen-bond acceptors (Lipinski definition) is 4. The number of benzene rings is 2. The third-order valence-corrected chi connectivity index (χ3v) is 6.58. The summed E-state index contributed by atoms with van der Waals surface area (Å²) in [5.41, 5.74) is 2.20. The van der Waals surface area contributed by atoms with Crippen LogP contribution in [0.5, 0.6) is 0 Å². The van der Waals surface area contributed by atoms with Gasteiger partial charge in [-0.25, -0.2) is 8.42 Å². The third-order valence-electron chi connectivity index (χ3n) is 4.84. The first-order valence-corrected chi connectivity index (χ1v) is 10.5. The maximum absolute atomic E-state index is 12.8.